The van der Waals surface area contributed by atoms with Crippen molar-refractivity contribution in [3.8, 4) is 6.07 Å². The molecule has 0 bridgehead atoms. The molecule has 1 atom stereocenters. The summed E-state index contributed by atoms with van der Waals surface area (Å²) >= 11 is 0. The van der Waals surface area contributed by atoms with Gasteiger partial charge in [-0.1, -0.05) is 6.07 Å². The lowest BCUT2D eigenvalue weighted by molar-refractivity contribution is -0.517. The van der Waals surface area contributed by atoms with Gasteiger partial charge in [-0.25, -0.2) is 0 Å². The number of nitro groups is 1. The summed E-state index contributed by atoms with van der Waals surface area (Å²) in [5.41, 5.74) is 3.63. The molecule has 0 saturated heterocycles. The molecule has 0 amide bonds. The quantitative estimate of drug-likeness (QED) is 0.418. The van der Waals surface area contributed by atoms with Gasteiger partial charge in [0.05, 0.1) is 11.3 Å². The van der Waals surface area contributed by atoms with E-state index in [9.17, 15) is 15.4 Å². The Balaban J connectivity index is 2.14. The van der Waals surface area contributed by atoms with E-state index in [2.05, 4.69) is 11.0 Å². The summed E-state index contributed by atoms with van der Waals surface area (Å²) in [4.78, 5) is 12.8. The largest absolute Gasteiger partial charge is 0.382 e. The fraction of sp³-hybridized carbons (Fsp3) is 0.588. The standard InChI is InChI=1S/C17H23N3O3/c1-3-23-8-4-6-19-7-5-15-10-14(9-13(2)20(21)22)11-16(12-18)17(15)19/h10-11,13H,3-9H2,1-2H3. The fourth-order valence-electron chi connectivity index (χ4n) is 3.04. The first-order valence-electron chi connectivity index (χ1n) is 8.08. The van der Waals surface area contributed by atoms with Crippen LogP contribution >= 0.6 is 0 Å². The van der Waals surface area contributed by atoms with Gasteiger partial charge in [-0.05, 0) is 37.0 Å². The molecule has 1 aliphatic rings. The Morgan fingerprint density at radius 3 is 2.96 bits per heavy atom. The Morgan fingerprint density at radius 2 is 2.30 bits per heavy atom. The molecule has 23 heavy (non-hydrogen) atoms. The summed E-state index contributed by atoms with van der Waals surface area (Å²) in [6.07, 6.45) is 2.18. The first-order valence-corrected chi connectivity index (χ1v) is 8.08. The van der Waals surface area contributed by atoms with Crippen LogP contribution in [0.2, 0.25) is 0 Å². The number of hydrogen-bond donors (Lipinski definition) is 0. The Kier molecular flexibility index (Phi) is 5.94. The van der Waals surface area contributed by atoms with Gasteiger partial charge in [-0.2, -0.15) is 5.26 Å². The van der Waals surface area contributed by atoms with E-state index in [0.717, 1.165) is 56.0 Å². The van der Waals surface area contributed by atoms with E-state index in [-0.39, 0.29) is 4.92 Å². The first-order chi connectivity index (χ1) is 11.1. The summed E-state index contributed by atoms with van der Waals surface area (Å²) < 4.78 is 5.37. The number of ether oxygens (including phenoxy) is 1. The van der Waals surface area contributed by atoms with Gasteiger partial charge in [0.15, 0.2) is 0 Å². The molecule has 0 spiro atoms. The van der Waals surface area contributed by atoms with Gasteiger partial charge in [-0.3, -0.25) is 10.1 Å². The second-order valence-corrected chi connectivity index (χ2v) is 5.89. The van der Waals surface area contributed by atoms with Crippen molar-refractivity contribution in [3.05, 3.63) is 38.9 Å². The molecule has 1 heterocycles. The molecule has 6 nitrogen and oxygen atoms in total. The molecule has 0 aromatic heterocycles. The lowest BCUT2D eigenvalue weighted by Gasteiger charge is -2.21. The van der Waals surface area contributed by atoms with Gasteiger partial charge >= 0.3 is 0 Å². The van der Waals surface area contributed by atoms with Crippen LogP contribution in [0.5, 0.6) is 0 Å². The maximum absolute atomic E-state index is 10.8. The highest BCUT2D eigenvalue weighted by molar-refractivity contribution is 5.68. The van der Waals surface area contributed by atoms with Gasteiger partial charge in [0.25, 0.3) is 0 Å². The maximum Gasteiger partial charge on any atom is 0.214 e. The maximum atomic E-state index is 10.8. The summed E-state index contributed by atoms with van der Waals surface area (Å²) in [5, 5.41) is 20.3. The molecule has 0 fully saturated rings. The van der Waals surface area contributed by atoms with Crippen LogP contribution in [0.4, 0.5) is 5.69 Å². The highest BCUT2D eigenvalue weighted by Crippen LogP contribution is 2.33. The molecule has 1 aromatic rings. The second-order valence-electron chi connectivity index (χ2n) is 5.89. The van der Waals surface area contributed by atoms with Crippen LogP contribution in [0.3, 0.4) is 0 Å². The van der Waals surface area contributed by atoms with E-state index >= 15 is 0 Å². The van der Waals surface area contributed by atoms with E-state index in [1.807, 2.05) is 13.0 Å². The smallest absolute Gasteiger partial charge is 0.214 e. The molecule has 0 saturated carbocycles. The molecular formula is C17H23N3O3. The lowest BCUT2D eigenvalue weighted by atomic mass is 9.99. The summed E-state index contributed by atoms with van der Waals surface area (Å²) in [6, 6.07) is 5.45. The van der Waals surface area contributed by atoms with Crippen molar-refractivity contribution >= 4 is 5.69 Å². The Bertz CT molecular complexity index is 610. The number of benzene rings is 1. The molecule has 0 aliphatic carbocycles. The molecule has 2 rings (SSSR count). The van der Waals surface area contributed by atoms with Crippen molar-refractivity contribution in [2.75, 3.05) is 31.2 Å². The van der Waals surface area contributed by atoms with Crippen LogP contribution in [0, 0.1) is 21.4 Å². The van der Waals surface area contributed by atoms with Crippen LogP contribution in [0.1, 0.15) is 37.0 Å². The average molecular weight is 317 g/mol. The van der Waals surface area contributed by atoms with Crippen LogP contribution < -0.4 is 4.90 Å². The minimum atomic E-state index is -0.636. The molecule has 124 valence electrons. The molecular weight excluding hydrogens is 294 g/mol. The molecule has 1 aliphatic heterocycles. The van der Waals surface area contributed by atoms with Gasteiger partial charge < -0.3 is 9.64 Å². The number of fused-ring (bicyclic) bond motifs is 1. The number of hydrogen-bond acceptors (Lipinski definition) is 5. The SMILES string of the molecule is CCOCCCN1CCc2cc(CC(C)[N+](=O)[O-])cc(C#N)c21. The minimum Gasteiger partial charge on any atom is -0.382 e. The van der Waals surface area contributed by atoms with Gasteiger partial charge in [-0.15, -0.1) is 0 Å². The molecule has 1 unspecified atom stereocenters. The Morgan fingerprint density at radius 1 is 1.52 bits per heavy atom. The van der Waals surface area contributed by atoms with Crippen molar-refractivity contribution in [1.29, 1.82) is 5.26 Å². The fourth-order valence-corrected chi connectivity index (χ4v) is 3.04. The minimum absolute atomic E-state index is 0.278. The van der Waals surface area contributed by atoms with Crippen molar-refractivity contribution in [2.24, 2.45) is 0 Å². The molecule has 0 radical (unpaired) electrons. The zero-order chi connectivity index (χ0) is 16.8. The lowest BCUT2D eigenvalue weighted by Crippen LogP contribution is -2.23. The summed E-state index contributed by atoms with van der Waals surface area (Å²) in [6.45, 7) is 6.78. The van der Waals surface area contributed by atoms with Gasteiger partial charge in [0, 0.05) is 44.6 Å². The third-order valence-electron chi connectivity index (χ3n) is 4.15. The van der Waals surface area contributed by atoms with E-state index in [1.54, 1.807) is 13.0 Å². The van der Waals surface area contributed by atoms with E-state index < -0.39 is 6.04 Å². The van der Waals surface area contributed by atoms with E-state index in [4.69, 9.17) is 4.74 Å². The zero-order valence-electron chi connectivity index (χ0n) is 13.7. The Labute approximate surface area is 136 Å². The highest BCUT2D eigenvalue weighted by atomic mass is 16.6. The predicted molar refractivity (Wildman–Crippen MR) is 88.3 cm³/mol. The first kappa shape index (κ1) is 17.2. The van der Waals surface area contributed by atoms with E-state index in [0.29, 0.717) is 12.0 Å². The number of rotatable bonds is 8. The zero-order valence-corrected chi connectivity index (χ0v) is 13.7. The van der Waals surface area contributed by atoms with Crippen LogP contribution in [-0.4, -0.2) is 37.3 Å². The van der Waals surface area contributed by atoms with Gasteiger partial charge in [0.1, 0.15) is 6.07 Å². The highest BCUT2D eigenvalue weighted by Gasteiger charge is 2.24. The monoisotopic (exact) mass is 317 g/mol. The summed E-state index contributed by atoms with van der Waals surface area (Å²) in [5.74, 6) is 0. The van der Waals surface area contributed by atoms with Crippen LogP contribution in [0.15, 0.2) is 12.1 Å². The second kappa shape index (κ2) is 7.93. The van der Waals surface area contributed by atoms with E-state index in [1.165, 1.54) is 0 Å². The predicted octanol–water partition coefficient (Wildman–Crippen LogP) is 2.56. The van der Waals surface area contributed by atoms with Gasteiger partial charge in [0.2, 0.25) is 6.04 Å². The number of nitrogens with zero attached hydrogens (tertiary/aromatic N) is 3. The summed E-state index contributed by atoms with van der Waals surface area (Å²) in [7, 11) is 0. The molecule has 0 N–H and O–H groups in total. The number of anilines is 1. The van der Waals surface area contributed by atoms with Crippen LogP contribution in [0.25, 0.3) is 0 Å². The van der Waals surface area contributed by atoms with Crippen molar-refractivity contribution in [3.63, 3.8) is 0 Å². The third-order valence-corrected chi connectivity index (χ3v) is 4.15. The molecule has 6 heteroatoms. The van der Waals surface area contributed by atoms with Crippen molar-refractivity contribution in [1.82, 2.24) is 0 Å². The third kappa shape index (κ3) is 4.20. The van der Waals surface area contributed by atoms with Crippen molar-refractivity contribution in [2.45, 2.75) is 39.2 Å². The topological polar surface area (TPSA) is 79.4 Å². The van der Waals surface area contributed by atoms with Crippen LogP contribution in [-0.2, 0) is 17.6 Å². The normalized spacial score (nSPS) is 14.4. The number of nitriles is 1. The van der Waals surface area contributed by atoms with Crippen molar-refractivity contribution < 1.29 is 9.66 Å². The average Bonchev–Trinajstić information content (AvgIpc) is 2.93. The molecule has 1 aromatic carbocycles. The Hall–Kier alpha value is -2.13.